The molecule has 0 N–H and O–H groups in total. The predicted octanol–water partition coefficient (Wildman–Crippen LogP) is 7.00. The Morgan fingerprint density at radius 2 is 0.774 bits per heavy atom. The van der Waals surface area contributed by atoms with Crippen LogP contribution >= 0.6 is 0 Å². The van der Waals surface area contributed by atoms with Crippen LogP contribution in [0, 0.1) is 24.7 Å². The normalized spacial score (nSPS) is 23.8. The summed E-state index contributed by atoms with van der Waals surface area (Å²) in [7, 11) is 8.58. The summed E-state index contributed by atoms with van der Waals surface area (Å²) >= 11 is 0. The third-order valence-corrected chi connectivity index (χ3v) is 6.26. The third kappa shape index (κ3) is 24.8. The van der Waals surface area contributed by atoms with Crippen LogP contribution in [0.2, 0.25) is 0 Å². The second kappa shape index (κ2) is 26.5. The Balaban J connectivity index is -0.000000337. The molecule has 2 nitrogen and oxygen atoms in total. The van der Waals surface area contributed by atoms with Gasteiger partial charge in [0, 0.05) is 0 Å². The van der Waals surface area contributed by atoms with E-state index in [1.165, 1.54) is 116 Å². The maximum Gasteiger partial charge on any atom is 2.00 e. The van der Waals surface area contributed by atoms with Gasteiger partial charge in [0.15, 0.2) is 0 Å². The van der Waals surface area contributed by atoms with Crippen LogP contribution in [-0.4, -0.2) is 51.1 Å². The fourth-order valence-electron chi connectivity index (χ4n) is 4.74. The van der Waals surface area contributed by atoms with Crippen molar-refractivity contribution in [2.75, 3.05) is 41.3 Å². The van der Waals surface area contributed by atoms with Gasteiger partial charge >= 0.3 is 61.8 Å². The molecule has 0 spiro atoms. The van der Waals surface area contributed by atoms with Crippen LogP contribution in [0.4, 0.5) is 0 Å². The first-order chi connectivity index (χ1) is 13.6. The van der Waals surface area contributed by atoms with Crippen LogP contribution in [0.1, 0.15) is 103 Å². The summed E-state index contributed by atoms with van der Waals surface area (Å²) in [5.74, 6) is 1.78. The summed E-state index contributed by atoms with van der Waals surface area (Å²) in [4.78, 5) is 4.54. The van der Waals surface area contributed by atoms with E-state index in [9.17, 15) is 0 Å². The van der Waals surface area contributed by atoms with Gasteiger partial charge in [-0.1, -0.05) is 89.9 Å². The number of hydrogen-bond acceptors (Lipinski definition) is 2. The maximum absolute atomic E-state index is 2.46. The molecule has 5 heteroatoms. The van der Waals surface area contributed by atoms with Gasteiger partial charge in [-0.25, -0.2) is 0 Å². The van der Waals surface area contributed by atoms with E-state index >= 15 is 0 Å². The molecular weight excluding hydrogens is 653 g/mol. The fraction of sp³-hybridized carbons (Fsp3) is 0.923. The van der Waals surface area contributed by atoms with E-state index in [2.05, 4.69) is 50.8 Å². The zero-order valence-corrected chi connectivity index (χ0v) is 29.1. The van der Waals surface area contributed by atoms with Crippen LogP contribution in [-0.2, 0) is 61.8 Å². The molecule has 0 aromatic heterocycles. The molecule has 0 bridgehead atoms. The smallest absolute Gasteiger partial charge is 0.324 e. The quantitative estimate of drug-likeness (QED) is 0.230. The zero-order valence-electron chi connectivity index (χ0n) is 21.3. The van der Waals surface area contributed by atoms with E-state index in [0.29, 0.717) is 0 Å². The number of nitrogens with zero attached hydrogens (tertiary/aromatic N) is 2. The Morgan fingerprint density at radius 1 is 0.516 bits per heavy atom. The molecule has 0 aromatic rings. The molecule has 180 valence electrons. The average Bonchev–Trinajstić information content (AvgIpc) is 3.43. The van der Waals surface area contributed by atoms with Crippen LogP contribution in [0.3, 0.4) is 0 Å². The van der Waals surface area contributed by atoms with Crippen molar-refractivity contribution in [3.63, 3.8) is 0 Å². The molecule has 0 heterocycles. The van der Waals surface area contributed by atoms with Crippen molar-refractivity contribution in [1.29, 1.82) is 0 Å². The van der Waals surface area contributed by atoms with Crippen LogP contribution in [0.5, 0.6) is 0 Å². The number of hydrogen-bond donors (Lipinski definition) is 0. The average molecular weight is 705 g/mol. The van der Waals surface area contributed by atoms with Crippen molar-refractivity contribution in [3.8, 4) is 0 Å². The van der Waals surface area contributed by atoms with Crippen molar-refractivity contribution in [2.24, 2.45) is 11.8 Å². The second-order valence-corrected chi connectivity index (χ2v) is 9.91. The minimum Gasteiger partial charge on any atom is -0.324 e. The van der Waals surface area contributed by atoms with E-state index in [0.717, 1.165) is 11.8 Å². The van der Waals surface area contributed by atoms with E-state index in [1.54, 1.807) is 0 Å². The summed E-state index contributed by atoms with van der Waals surface area (Å²) in [6, 6.07) is 0. The van der Waals surface area contributed by atoms with Crippen molar-refractivity contribution < 1.29 is 61.8 Å². The molecule has 31 heavy (non-hydrogen) atoms. The molecule has 4 fully saturated rings. The standard InChI is InChI=1S/2C8H16N.2C5H10.2Fe.Hg/c2*1-9(2)7-8-5-3-4-6-8;2*1-2-4-5-3-1;;;/h2*5,8H,3-4,6-7H2,1-2H3;2*1-5H2;;;/q2*-1;;;3*+2. The molecule has 2 unspecified atom stereocenters. The third-order valence-electron chi connectivity index (χ3n) is 6.26. The van der Waals surface area contributed by atoms with Crippen molar-refractivity contribution in [3.05, 3.63) is 12.8 Å². The first-order valence-electron chi connectivity index (χ1n) is 12.5. The van der Waals surface area contributed by atoms with Gasteiger partial charge in [0.25, 0.3) is 0 Å². The molecule has 4 saturated carbocycles. The molecule has 0 amide bonds. The van der Waals surface area contributed by atoms with Crippen molar-refractivity contribution in [2.45, 2.75) is 103 Å². The van der Waals surface area contributed by atoms with E-state index in [1.807, 2.05) is 0 Å². The summed E-state index contributed by atoms with van der Waals surface area (Å²) in [6.07, 6.45) is 28.3. The minimum absolute atomic E-state index is 0. The molecule has 0 radical (unpaired) electrons. The van der Waals surface area contributed by atoms with E-state index in [-0.39, 0.29) is 61.8 Å². The van der Waals surface area contributed by atoms with Crippen LogP contribution < -0.4 is 0 Å². The molecule has 4 aliphatic carbocycles. The van der Waals surface area contributed by atoms with Crippen LogP contribution in [0.25, 0.3) is 0 Å². The summed E-state index contributed by atoms with van der Waals surface area (Å²) in [5.41, 5.74) is 0. The Labute approximate surface area is 238 Å². The first kappa shape index (κ1) is 37.4. The van der Waals surface area contributed by atoms with Gasteiger partial charge in [0.2, 0.25) is 0 Å². The Hall–Kier alpha value is 1.89. The maximum atomic E-state index is 2.46. The molecule has 2 atom stereocenters. The molecular formula is C26H52Fe2HgN2+4. The van der Waals surface area contributed by atoms with Gasteiger partial charge < -0.3 is 22.6 Å². The van der Waals surface area contributed by atoms with Gasteiger partial charge in [-0.2, -0.15) is 24.7 Å². The summed E-state index contributed by atoms with van der Waals surface area (Å²) in [6.45, 7) is 2.50. The summed E-state index contributed by atoms with van der Waals surface area (Å²) in [5, 5.41) is 0. The van der Waals surface area contributed by atoms with E-state index in [4.69, 9.17) is 0 Å². The second-order valence-electron chi connectivity index (χ2n) is 9.91. The van der Waals surface area contributed by atoms with E-state index < -0.39 is 0 Å². The van der Waals surface area contributed by atoms with Crippen LogP contribution in [0.15, 0.2) is 0 Å². The van der Waals surface area contributed by atoms with Gasteiger partial charge in [0.1, 0.15) is 0 Å². The SMILES string of the molecule is C1CCCC1.C1CCCC1.CN(C)CC1[CH-]CCC1.CN(C)CC1[CH-]CCC1.[Fe+2].[Fe+2].[Hg+2]. The predicted molar refractivity (Wildman–Crippen MR) is 127 cm³/mol. The first-order valence-corrected chi connectivity index (χ1v) is 12.5. The fourth-order valence-corrected chi connectivity index (χ4v) is 4.74. The van der Waals surface area contributed by atoms with Crippen molar-refractivity contribution in [1.82, 2.24) is 9.80 Å². The summed E-state index contributed by atoms with van der Waals surface area (Å²) < 4.78 is 0. The molecule has 0 saturated heterocycles. The van der Waals surface area contributed by atoms with Gasteiger partial charge in [-0.05, 0) is 41.3 Å². The van der Waals surface area contributed by atoms with Gasteiger partial charge in [-0.15, -0.1) is 0 Å². The van der Waals surface area contributed by atoms with Gasteiger partial charge in [0.05, 0.1) is 0 Å². The Morgan fingerprint density at radius 3 is 0.935 bits per heavy atom. The monoisotopic (exact) mass is 706 g/mol. The van der Waals surface area contributed by atoms with Gasteiger partial charge in [-0.3, -0.25) is 0 Å². The number of rotatable bonds is 4. The van der Waals surface area contributed by atoms with Crippen molar-refractivity contribution >= 4 is 0 Å². The molecule has 4 rings (SSSR count). The molecule has 0 aromatic carbocycles. The zero-order chi connectivity index (χ0) is 20.5. The Kier molecular flexibility index (Phi) is 32.0. The molecule has 0 aliphatic heterocycles. The molecule has 4 aliphatic rings. The minimum atomic E-state index is 0. The Bertz CT molecular complexity index is 276. The topological polar surface area (TPSA) is 6.48 Å². The largest absolute Gasteiger partial charge is 2.00 e.